The average molecular weight is 175 g/mol. The van der Waals surface area contributed by atoms with E-state index in [4.69, 9.17) is 5.41 Å². The molecule has 0 saturated heterocycles. The van der Waals surface area contributed by atoms with E-state index in [2.05, 4.69) is 16.9 Å². The Morgan fingerprint density at radius 2 is 2.38 bits per heavy atom. The van der Waals surface area contributed by atoms with Crippen LogP contribution in [0.1, 0.15) is 18.2 Å². The van der Waals surface area contributed by atoms with E-state index in [-0.39, 0.29) is 0 Å². The summed E-state index contributed by atoms with van der Waals surface area (Å²) in [7, 11) is 0. The Morgan fingerprint density at radius 1 is 1.69 bits per heavy atom. The number of hydrogen-bond donors (Lipinski definition) is 2. The van der Waals surface area contributed by atoms with Crippen LogP contribution in [0, 0.1) is 12.3 Å². The van der Waals surface area contributed by atoms with Crippen LogP contribution in [0.25, 0.3) is 0 Å². The van der Waals surface area contributed by atoms with E-state index in [0.717, 1.165) is 22.6 Å². The van der Waals surface area contributed by atoms with Gasteiger partial charge in [-0.05, 0) is 19.9 Å². The second kappa shape index (κ2) is 3.85. The van der Waals surface area contributed by atoms with Crippen molar-refractivity contribution in [1.29, 1.82) is 5.41 Å². The number of allylic oxidation sites excluding steroid dienone is 1. The lowest BCUT2D eigenvalue weighted by molar-refractivity contribution is 1.19. The van der Waals surface area contributed by atoms with E-state index in [1.54, 1.807) is 6.20 Å². The molecule has 0 aromatic carbocycles. The summed E-state index contributed by atoms with van der Waals surface area (Å²) in [6, 6.07) is 1.86. The minimum atomic E-state index is 0.827. The van der Waals surface area contributed by atoms with Crippen LogP contribution in [0.3, 0.4) is 0 Å². The number of nitrogens with zero attached hydrogens (tertiary/aromatic N) is 1. The molecule has 1 heterocycles. The maximum absolute atomic E-state index is 7.20. The largest absolute Gasteiger partial charge is 0.358 e. The zero-order chi connectivity index (χ0) is 9.84. The Kier molecular flexibility index (Phi) is 2.80. The summed E-state index contributed by atoms with van der Waals surface area (Å²) >= 11 is 0. The highest BCUT2D eigenvalue weighted by Gasteiger charge is 1.99. The van der Waals surface area contributed by atoms with Crippen molar-refractivity contribution in [3.8, 4) is 0 Å². The van der Waals surface area contributed by atoms with Crippen molar-refractivity contribution in [1.82, 2.24) is 4.98 Å². The lowest BCUT2D eigenvalue weighted by atomic mass is 10.2. The predicted octanol–water partition coefficient (Wildman–Crippen LogP) is 2.33. The van der Waals surface area contributed by atoms with Gasteiger partial charge >= 0.3 is 0 Å². The molecule has 13 heavy (non-hydrogen) atoms. The van der Waals surface area contributed by atoms with Crippen LogP contribution in [-0.4, -0.2) is 11.2 Å². The maximum atomic E-state index is 7.20. The van der Waals surface area contributed by atoms with Gasteiger partial charge in [0, 0.05) is 23.2 Å². The van der Waals surface area contributed by atoms with Gasteiger partial charge in [0.25, 0.3) is 0 Å². The van der Waals surface area contributed by atoms with E-state index in [0.29, 0.717) is 0 Å². The highest BCUT2D eigenvalue weighted by Crippen LogP contribution is 2.14. The second-order valence-electron chi connectivity index (χ2n) is 2.96. The van der Waals surface area contributed by atoms with Crippen LogP contribution in [-0.2, 0) is 0 Å². The lowest BCUT2D eigenvalue weighted by Crippen LogP contribution is -1.99. The van der Waals surface area contributed by atoms with Crippen molar-refractivity contribution >= 4 is 11.9 Å². The first-order valence-corrected chi connectivity index (χ1v) is 4.03. The molecule has 1 aromatic heterocycles. The molecule has 0 unspecified atom stereocenters. The Balaban J connectivity index is 3.05. The molecular formula is C10H13N3. The zero-order valence-corrected chi connectivity index (χ0v) is 7.89. The first-order chi connectivity index (χ1) is 6.13. The average Bonchev–Trinajstić information content (AvgIpc) is 2.07. The summed E-state index contributed by atoms with van der Waals surface area (Å²) in [5.74, 6) is 0. The first kappa shape index (κ1) is 9.45. The van der Waals surface area contributed by atoms with Gasteiger partial charge in [0.05, 0.1) is 11.9 Å². The van der Waals surface area contributed by atoms with Gasteiger partial charge in [0.2, 0.25) is 0 Å². The van der Waals surface area contributed by atoms with Gasteiger partial charge < -0.3 is 10.7 Å². The summed E-state index contributed by atoms with van der Waals surface area (Å²) in [6.07, 6.45) is 3.02. The molecule has 0 fully saturated rings. The number of aryl methyl sites for hydroxylation is 1. The third-order valence-electron chi connectivity index (χ3n) is 1.58. The molecule has 0 aliphatic carbocycles. The van der Waals surface area contributed by atoms with Gasteiger partial charge in [-0.1, -0.05) is 6.58 Å². The predicted molar refractivity (Wildman–Crippen MR) is 55.3 cm³/mol. The Labute approximate surface area is 78.0 Å². The van der Waals surface area contributed by atoms with E-state index in [1.807, 2.05) is 19.9 Å². The van der Waals surface area contributed by atoms with E-state index in [1.165, 1.54) is 6.21 Å². The minimum absolute atomic E-state index is 0.827. The molecule has 0 radical (unpaired) electrons. The standard InChI is InChI=1S/C10H13N3/c1-7(2)13-10-6-12-8(3)4-9(10)5-11/h4-6,11,13H,1H2,2-3H3. The number of anilines is 1. The monoisotopic (exact) mass is 175 g/mol. The molecule has 2 N–H and O–H groups in total. The van der Waals surface area contributed by atoms with Crippen LogP contribution >= 0.6 is 0 Å². The number of nitrogens with one attached hydrogen (secondary N) is 2. The fourth-order valence-electron chi connectivity index (χ4n) is 1.03. The topological polar surface area (TPSA) is 48.8 Å². The van der Waals surface area contributed by atoms with Crippen molar-refractivity contribution in [3.63, 3.8) is 0 Å². The van der Waals surface area contributed by atoms with Gasteiger partial charge in [-0.25, -0.2) is 0 Å². The highest BCUT2D eigenvalue weighted by atomic mass is 14.9. The molecule has 0 atom stereocenters. The first-order valence-electron chi connectivity index (χ1n) is 4.03. The fourth-order valence-corrected chi connectivity index (χ4v) is 1.03. The van der Waals surface area contributed by atoms with Gasteiger partial charge in [0.1, 0.15) is 0 Å². The fraction of sp³-hybridized carbons (Fsp3) is 0.200. The molecule has 0 aliphatic heterocycles. The van der Waals surface area contributed by atoms with Crippen molar-refractivity contribution in [3.05, 3.63) is 35.8 Å². The Morgan fingerprint density at radius 3 is 2.92 bits per heavy atom. The molecular weight excluding hydrogens is 162 g/mol. The lowest BCUT2D eigenvalue weighted by Gasteiger charge is -2.08. The van der Waals surface area contributed by atoms with Crippen molar-refractivity contribution in [2.45, 2.75) is 13.8 Å². The Bertz CT molecular complexity index is 342. The molecule has 3 nitrogen and oxygen atoms in total. The molecule has 0 spiro atoms. The number of rotatable bonds is 3. The van der Waals surface area contributed by atoms with Gasteiger partial charge in [-0.3, -0.25) is 4.98 Å². The van der Waals surface area contributed by atoms with Gasteiger partial charge in [0.15, 0.2) is 0 Å². The molecule has 68 valence electrons. The summed E-state index contributed by atoms with van der Waals surface area (Å²) in [4.78, 5) is 4.13. The molecule has 1 rings (SSSR count). The number of hydrogen-bond acceptors (Lipinski definition) is 3. The van der Waals surface area contributed by atoms with E-state index < -0.39 is 0 Å². The third kappa shape index (κ3) is 2.40. The summed E-state index contributed by atoms with van der Waals surface area (Å²) < 4.78 is 0. The SMILES string of the molecule is C=C(C)Nc1cnc(C)cc1C=N. The van der Waals surface area contributed by atoms with Crippen LogP contribution in [0.15, 0.2) is 24.5 Å². The molecule has 0 saturated carbocycles. The second-order valence-corrected chi connectivity index (χ2v) is 2.96. The van der Waals surface area contributed by atoms with Crippen LogP contribution in [0.5, 0.6) is 0 Å². The van der Waals surface area contributed by atoms with Gasteiger partial charge in [-0.15, -0.1) is 0 Å². The van der Waals surface area contributed by atoms with Crippen molar-refractivity contribution in [2.75, 3.05) is 5.32 Å². The molecule has 0 amide bonds. The van der Waals surface area contributed by atoms with Gasteiger partial charge in [-0.2, -0.15) is 0 Å². The zero-order valence-electron chi connectivity index (χ0n) is 7.89. The highest BCUT2D eigenvalue weighted by molar-refractivity contribution is 5.85. The maximum Gasteiger partial charge on any atom is 0.0657 e. The van der Waals surface area contributed by atoms with Crippen LogP contribution in [0.2, 0.25) is 0 Å². The van der Waals surface area contributed by atoms with E-state index >= 15 is 0 Å². The molecule has 3 heteroatoms. The number of aromatic nitrogens is 1. The summed E-state index contributed by atoms with van der Waals surface area (Å²) in [5, 5.41) is 10.2. The third-order valence-corrected chi connectivity index (χ3v) is 1.58. The van der Waals surface area contributed by atoms with Crippen molar-refractivity contribution < 1.29 is 0 Å². The minimum Gasteiger partial charge on any atom is -0.358 e. The summed E-state index contributed by atoms with van der Waals surface area (Å²) in [6.45, 7) is 7.50. The normalized spacial score (nSPS) is 9.38. The molecule has 0 bridgehead atoms. The van der Waals surface area contributed by atoms with Crippen molar-refractivity contribution in [2.24, 2.45) is 0 Å². The molecule has 1 aromatic rings. The summed E-state index contributed by atoms with van der Waals surface area (Å²) in [5.41, 5.74) is 3.41. The quantitative estimate of drug-likeness (QED) is 0.693. The van der Waals surface area contributed by atoms with Crippen LogP contribution < -0.4 is 5.32 Å². The molecule has 0 aliphatic rings. The van der Waals surface area contributed by atoms with E-state index in [9.17, 15) is 0 Å². The number of pyridine rings is 1. The van der Waals surface area contributed by atoms with Crippen LogP contribution in [0.4, 0.5) is 5.69 Å². The Hall–Kier alpha value is -1.64. The smallest absolute Gasteiger partial charge is 0.0657 e.